The van der Waals surface area contributed by atoms with Crippen LogP contribution in [0.5, 0.6) is 5.75 Å². The molecule has 2 rings (SSSR count). The Hall–Kier alpha value is -2.58. The fourth-order valence-electron chi connectivity index (χ4n) is 2.93. The molecule has 4 nitrogen and oxygen atoms in total. The van der Waals surface area contributed by atoms with E-state index in [2.05, 4.69) is 0 Å². The van der Waals surface area contributed by atoms with Crippen molar-refractivity contribution in [1.29, 1.82) is 5.26 Å². The third kappa shape index (κ3) is 4.45. The van der Waals surface area contributed by atoms with Gasteiger partial charge in [-0.05, 0) is 46.7 Å². The molecular formula is C23H27NO3S. The fraction of sp³-hybridized carbons (Fsp3) is 0.348. The van der Waals surface area contributed by atoms with Gasteiger partial charge in [0.2, 0.25) is 9.84 Å². The van der Waals surface area contributed by atoms with Crippen LogP contribution in [0.15, 0.2) is 52.3 Å². The van der Waals surface area contributed by atoms with Crippen molar-refractivity contribution < 1.29 is 13.5 Å². The molecule has 0 saturated heterocycles. The second-order valence-corrected chi connectivity index (χ2v) is 10.8. The quantitative estimate of drug-likeness (QED) is 0.711. The van der Waals surface area contributed by atoms with Gasteiger partial charge >= 0.3 is 0 Å². The number of aromatic hydroxyl groups is 1. The Balaban J connectivity index is 2.75. The Kier molecular flexibility index (Phi) is 5.77. The van der Waals surface area contributed by atoms with Crippen LogP contribution in [0.3, 0.4) is 0 Å². The molecule has 0 unspecified atom stereocenters. The summed E-state index contributed by atoms with van der Waals surface area (Å²) in [5.74, 6) is 0.210. The molecule has 0 radical (unpaired) electrons. The number of sulfone groups is 1. The summed E-state index contributed by atoms with van der Waals surface area (Å²) in [5, 5.41) is 20.4. The van der Waals surface area contributed by atoms with E-state index in [1.165, 1.54) is 18.2 Å². The van der Waals surface area contributed by atoms with Crippen LogP contribution in [-0.4, -0.2) is 13.5 Å². The summed E-state index contributed by atoms with van der Waals surface area (Å²) < 4.78 is 25.7. The normalized spacial score (nSPS) is 13.2. The predicted molar refractivity (Wildman–Crippen MR) is 113 cm³/mol. The minimum absolute atomic E-state index is 0.0775. The van der Waals surface area contributed by atoms with Crippen LogP contribution in [0.25, 0.3) is 6.08 Å². The lowest BCUT2D eigenvalue weighted by Crippen LogP contribution is -2.17. The monoisotopic (exact) mass is 397 g/mol. The first-order valence-corrected chi connectivity index (χ1v) is 10.6. The molecule has 28 heavy (non-hydrogen) atoms. The van der Waals surface area contributed by atoms with E-state index in [0.29, 0.717) is 16.7 Å². The van der Waals surface area contributed by atoms with Crippen molar-refractivity contribution in [2.75, 3.05) is 0 Å². The second kappa shape index (κ2) is 7.44. The summed E-state index contributed by atoms with van der Waals surface area (Å²) in [7, 11) is -3.92. The van der Waals surface area contributed by atoms with E-state index < -0.39 is 9.84 Å². The molecule has 2 aromatic rings. The largest absolute Gasteiger partial charge is 0.507 e. The molecule has 1 N–H and O–H groups in total. The van der Waals surface area contributed by atoms with Crippen LogP contribution in [0.1, 0.15) is 58.2 Å². The van der Waals surface area contributed by atoms with Gasteiger partial charge in [0.1, 0.15) is 16.7 Å². The van der Waals surface area contributed by atoms with E-state index in [9.17, 15) is 18.8 Å². The SMILES string of the molecule is CC(C)(C)c1cc(/C=C(\C#N)S(=O)(=O)c2ccccc2)cc(C(C)(C)C)c1O. The third-order valence-corrected chi connectivity index (χ3v) is 6.18. The van der Waals surface area contributed by atoms with Gasteiger partial charge in [0, 0.05) is 11.1 Å². The van der Waals surface area contributed by atoms with Gasteiger partial charge in [-0.1, -0.05) is 59.7 Å². The Morgan fingerprint density at radius 3 is 1.82 bits per heavy atom. The predicted octanol–water partition coefficient (Wildman–Crippen LogP) is 5.33. The molecule has 0 atom stereocenters. The summed E-state index contributed by atoms with van der Waals surface area (Å²) >= 11 is 0. The first-order chi connectivity index (χ1) is 12.8. The van der Waals surface area contributed by atoms with E-state index in [-0.39, 0.29) is 26.4 Å². The molecule has 0 aliphatic heterocycles. The number of hydrogen-bond acceptors (Lipinski definition) is 4. The highest BCUT2D eigenvalue weighted by Crippen LogP contribution is 2.40. The molecule has 5 heteroatoms. The molecule has 148 valence electrons. The van der Waals surface area contributed by atoms with E-state index in [1.54, 1.807) is 30.3 Å². The van der Waals surface area contributed by atoms with Gasteiger partial charge in [-0.25, -0.2) is 8.42 Å². The smallest absolute Gasteiger partial charge is 0.216 e. The van der Waals surface area contributed by atoms with Crippen LogP contribution in [0, 0.1) is 11.3 Å². The topological polar surface area (TPSA) is 78.2 Å². The first kappa shape index (κ1) is 21.7. The number of hydrogen-bond donors (Lipinski definition) is 1. The lowest BCUT2D eigenvalue weighted by molar-refractivity contribution is 0.423. The average molecular weight is 398 g/mol. The zero-order chi connectivity index (χ0) is 21.3. The highest BCUT2D eigenvalue weighted by Gasteiger charge is 2.27. The number of phenols is 1. The number of rotatable bonds is 3. The minimum Gasteiger partial charge on any atom is -0.507 e. The summed E-state index contributed by atoms with van der Waals surface area (Å²) in [4.78, 5) is -0.252. The van der Waals surface area contributed by atoms with E-state index in [4.69, 9.17) is 0 Å². The maximum absolute atomic E-state index is 12.9. The van der Waals surface area contributed by atoms with Crippen molar-refractivity contribution in [3.05, 3.63) is 64.1 Å². The number of allylic oxidation sites excluding steroid dienone is 1. The summed E-state index contributed by atoms with van der Waals surface area (Å²) in [6, 6.07) is 13.2. The molecule has 0 saturated carbocycles. The molecule has 0 aliphatic rings. The molecule has 0 spiro atoms. The van der Waals surface area contributed by atoms with E-state index >= 15 is 0 Å². The van der Waals surface area contributed by atoms with Crippen molar-refractivity contribution in [2.24, 2.45) is 0 Å². The van der Waals surface area contributed by atoms with Gasteiger partial charge in [0.05, 0.1) is 4.90 Å². The van der Waals surface area contributed by atoms with Crippen LogP contribution in [0.4, 0.5) is 0 Å². The van der Waals surface area contributed by atoms with Gasteiger partial charge in [-0.15, -0.1) is 0 Å². The zero-order valence-electron chi connectivity index (χ0n) is 17.2. The average Bonchev–Trinajstić information content (AvgIpc) is 2.59. The standard InChI is InChI=1S/C23H27NO3S/c1-22(2,3)19-13-16(14-20(21(19)25)23(4,5)6)12-18(15-24)28(26,27)17-10-8-7-9-11-17/h7-14,25H,1-6H3/b18-12+. The van der Waals surface area contributed by atoms with Crippen molar-refractivity contribution in [1.82, 2.24) is 0 Å². The number of benzene rings is 2. The van der Waals surface area contributed by atoms with Gasteiger partial charge < -0.3 is 5.11 Å². The summed E-state index contributed by atoms with van der Waals surface area (Å²) in [5.41, 5.74) is 1.29. The first-order valence-electron chi connectivity index (χ1n) is 9.08. The molecule has 2 aromatic carbocycles. The molecule has 0 aromatic heterocycles. The molecule has 0 amide bonds. The Morgan fingerprint density at radius 1 is 0.964 bits per heavy atom. The highest BCUT2D eigenvalue weighted by molar-refractivity contribution is 7.95. The number of nitriles is 1. The maximum Gasteiger partial charge on any atom is 0.216 e. The zero-order valence-corrected chi connectivity index (χ0v) is 18.1. The third-order valence-electron chi connectivity index (χ3n) is 4.50. The molecular weight excluding hydrogens is 370 g/mol. The highest BCUT2D eigenvalue weighted by atomic mass is 32.2. The maximum atomic E-state index is 12.9. The van der Waals surface area contributed by atoms with Crippen molar-refractivity contribution in [3.8, 4) is 11.8 Å². The van der Waals surface area contributed by atoms with Crippen molar-refractivity contribution in [2.45, 2.75) is 57.3 Å². The van der Waals surface area contributed by atoms with Crippen molar-refractivity contribution >= 4 is 15.9 Å². The van der Waals surface area contributed by atoms with Gasteiger partial charge in [0.25, 0.3) is 0 Å². The Labute approximate surface area is 168 Å². The molecule has 0 bridgehead atoms. The summed E-state index contributed by atoms with van der Waals surface area (Å²) in [6.07, 6.45) is 1.38. The lowest BCUT2D eigenvalue weighted by Gasteiger charge is -2.28. The van der Waals surface area contributed by atoms with Gasteiger partial charge in [-0.3, -0.25) is 0 Å². The van der Waals surface area contributed by atoms with E-state index in [0.717, 1.165) is 0 Å². The van der Waals surface area contributed by atoms with Gasteiger partial charge in [0.15, 0.2) is 0 Å². The van der Waals surface area contributed by atoms with Crippen LogP contribution in [0.2, 0.25) is 0 Å². The van der Waals surface area contributed by atoms with E-state index in [1.807, 2.05) is 47.6 Å². The Bertz CT molecular complexity index is 1010. The number of phenolic OH excluding ortho intramolecular Hbond substituents is 1. The fourth-order valence-corrected chi connectivity index (χ4v) is 4.11. The summed E-state index contributed by atoms with van der Waals surface area (Å²) in [6.45, 7) is 11.9. The van der Waals surface area contributed by atoms with Crippen molar-refractivity contribution in [3.63, 3.8) is 0 Å². The lowest BCUT2D eigenvalue weighted by atomic mass is 9.78. The Morgan fingerprint density at radius 2 is 1.43 bits per heavy atom. The minimum atomic E-state index is -3.92. The van der Waals surface area contributed by atoms with Crippen LogP contribution < -0.4 is 0 Å². The molecule has 0 heterocycles. The van der Waals surface area contributed by atoms with Gasteiger partial charge in [-0.2, -0.15) is 5.26 Å². The van der Waals surface area contributed by atoms with Crippen LogP contribution >= 0.6 is 0 Å². The number of nitrogens with zero attached hydrogens (tertiary/aromatic N) is 1. The molecule has 0 aliphatic carbocycles. The molecule has 0 fully saturated rings. The second-order valence-electron chi connectivity index (χ2n) is 8.90. The van der Waals surface area contributed by atoms with Crippen LogP contribution in [-0.2, 0) is 20.7 Å².